The summed E-state index contributed by atoms with van der Waals surface area (Å²) in [6.07, 6.45) is 1.26. The Morgan fingerprint density at radius 2 is 2.00 bits per heavy atom. The number of aliphatic carboxylic acids is 1. The minimum Gasteiger partial charge on any atom is -0.480 e. The topological polar surface area (TPSA) is 83.6 Å². The van der Waals surface area contributed by atoms with E-state index in [0.717, 1.165) is 6.42 Å². The van der Waals surface area contributed by atoms with Crippen LogP contribution in [0.1, 0.15) is 33.6 Å². The van der Waals surface area contributed by atoms with E-state index in [2.05, 4.69) is 0 Å². The molecule has 5 heteroatoms. The number of nitrogens with zero attached hydrogens (tertiary/aromatic N) is 1. The molecule has 0 radical (unpaired) electrons. The Morgan fingerprint density at radius 1 is 1.44 bits per heavy atom. The van der Waals surface area contributed by atoms with Crippen LogP contribution < -0.4 is 5.73 Å². The molecule has 1 aliphatic rings. The number of carbonyl (C=O) groups excluding carboxylic acids is 1. The largest absolute Gasteiger partial charge is 0.480 e. The Kier molecular flexibility index (Phi) is 3.57. The number of nitrogens with two attached hydrogens (primary N) is 1. The highest BCUT2D eigenvalue weighted by molar-refractivity contribution is 5.87. The second kappa shape index (κ2) is 4.41. The average Bonchev–Trinajstić information content (AvgIpc) is 2.62. The van der Waals surface area contributed by atoms with Crippen molar-refractivity contribution in [3.8, 4) is 0 Å². The Balaban J connectivity index is 2.77. The van der Waals surface area contributed by atoms with E-state index in [0.29, 0.717) is 13.0 Å². The minimum atomic E-state index is -0.938. The predicted octanol–water partition coefficient (Wildman–Crippen LogP) is 0.435. The van der Waals surface area contributed by atoms with Crippen LogP contribution in [-0.4, -0.2) is 40.5 Å². The van der Waals surface area contributed by atoms with Crippen LogP contribution in [0, 0.1) is 5.41 Å². The van der Waals surface area contributed by atoms with Gasteiger partial charge in [-0.1, -0.05) is 20.8 Å². The quantitative estimate of drug-likeness (QED) is 0.718. The number of rotatable bonds is 2. The number of amides is 1. The molecule has 1 amide bonds. The van der Waals surface area contributed by atoms with Gasteiger partial charge in [0.15, 0.2) is 0 Å². The van der Waals surface area contributed by atoms with Crippen LogP contribution in [0.5, 0.6) is 0 Å². The number of hydrogen-bond acceptors (Lipinski definition) is 3. The standard InChI is InChI=1S/C11H20N2O3/c1-11(2,3)8(12)9(14)13-6-4-5-7(13)10(15)16/h7-8H,4-6,12H2,1-3H3,(H,15,16)/t7?,8-/m0/s1. The molecule has 5 nitrogen and oxygen atoms in total. The van der Waals surface area contributed by atoms with E-state index >= 15 is 0 Å². The zero-order valence-corrected chi connectivity index (χ0v) is 10.1. The summed E-state index contributed by atoms with van der Waals surface area (Å²) in [5.74, 6) is -1.19. The second-order valence-corrected chi connectivity index (χ2v) is 5.37. The van der Waals surface area contributed by atoms with Crippen molar-refractivity contribution < 1.29 is 14.7 Å². The van der Waals surface area contributed by atoms with Crippen LogP contribution in [0.2, 0.25) is 0 Å². The Hall–Kier alpha value is -1.10. The van der Waals surface area contributed by atoms with E-state index in [9.17, 15) is 9.59 Å². The number of carboxylic acids is 1. The summed E-state index contributed by atoms with van der Waals surface area (Å²) in [4.78, 5) is 24.4. The highest BCUT2D eigenvalue weighted by Gasteiger charge is 2.39. The van der Waals surface area contributed by atoms with Crippen LogP contribution in [0.15, 0.2) is 0 Å². The molecule has 3 N–H and O–H groups in total. The van der Waals surface area contributed by atoms with Crippen molar-refractivity contribution in [3.63, 3.8) is 0 Å². The van der Waals surface area contributed by atoms with Gasteiger partial charge < -0.3 is 15.7 Å². The van der Waals surface area contributed by atoms with Gasteiger partial charge in [-0.25, -0.2) is 4.79 Å². The summed E-state index contributed by atoms with van der Waals surface area (Å²) in [5.41, 5.74) is 5.51. The molecule has 16 heavy (non-hydrogen) atoms. The van der Waals surface area contributed by atoms with E-state index in [4.69, 9.17) is 10.8 Å². The molecule has 0 aliphatic carbocycles. The van der Waals surface area contributed by atoms with Crippen LogP contribution in [0.3, 0.4) is 0 Å². The molecule has 0 aromatic heterocycles. The number of carboxylic acid groups (broad SMARTS) is 1. The molecular weight excluding hydrogens is 208 g/mol. The summed E-state index contributed by atoms with van der Waals surface area (Å²) >= 11 is 0. The molecule has 0 spiro atoms. The average molecular weight is 228 g/mol. The highest BCUT2D eigenvalue weighted by atomic mass is 16.4. The fraction of sp³-hybridized carbons (Fsp3) is 0.818. The first kappa shape index (κ1) is 13.0. The van der Waals surface area contributed by atoms with Crippen molar-refractivity contribution in [1.82, 2.24) is 4.90 Å². The second-order valence-electron chi connectivity index (χ2n) is 5.37. The van der Waals surface area contributed by atoms with Crippen LogP contribution in [-0.2, 0) is 9.59 Å². The fourth-order valence-electron chi connectivity index (χ4n) is 1.84. The number of likely N-dealkylation sites (tertiary alicyclic amines) is 1. The zero-order valence-electron chi connectivity index (χ0n) is 10.1. The molecule has 1 fully saturated rings. The first-order valence-corrected chi connectivity index (χ1v) is 5.54. The van der Waals surface area contributed by atoms with E-state index < -0.39 is 18.1 Å². The van der Waals surface area contributed by atoms with Crippen molar-refractivity contribution >= 4 is 11.9 Å². The maximum Gasteiger partial charge on any atom is 0.326 e. The van der Waals surface area contributed by atoms with Crippen LogP contribution in [0.25, 0.3) is 0 Å². The fourth-order valence-corrected chi connectivity index (χ4v) is 1.84. The van der Waals surface area contributed by atoms with Gasteiger partial charge in [-0.3, -0.25) is 4.79 Å². The van der Waals surface area contributed by atoms with Crippen molar-refractivity contribution in [1.29, 1.82) is 0 Å². The van der Waals surface area contributed by atoms with Crippen molar-refractivity contribution in [3.05, 3.63) is 0 Å². The van der Waals surface area contributed by atoms with Crippen LogP contribution >= 0.6 is 0 Å². The molecular formula is C11H20N2O3. The van der Waals surface area contributed by atoms with E-state index in [1.807, 2.05) is 20.8 Å². The number of hydrogen-bond donors (Lipinski definition) is 2. The SMILES string of the molecule is CC(C)(C)[C@@H](N)C(=O)N1CCCC1C(=O)O. The third-order valence-corrected chi connectivity index (χ3v) is 3.02. The van der Waals surface area contributed by atoms with Gasteiger partial charge in [-0.05, 0) is 18.3 Å². The molecule has 0 aromatic carbocycles. The van der Waals surface area contributed by atoms with Gasteiger partial charge in [0, 0.05) is 6.54 Å². The molecule has 1 heterocycles. The molecule has 92 valence electrons. The third kappa shape index (κ3) is 2.52. The van der Waals surface area contributed by atoms with Crippen molar-refractivity contribution in [2.45, 2.75) is 45.7 Å². The molecule has 0 saturated carbocycles. The molecule has 1 aliphatic heterocycles. The Labute approximate surface area is 95.6 Å². The summed E-state index contributed by atoms with van der Waals surface area (Å²) in [5, 5.41) is 8.98. The summed E-state index contributed by atoms with van der Waals surface area (Å²) in [7, 11) is 0. The first-order valence-electron chi connectivity index (χ1n) is 5.54. The normalized spacial score (nSPS) is 23.2. The van der Waals surface area contributed by atoms with Gasteiger partial charge in [-0.15, -0.1) is 0 Å². The number of carbonyl (C=O) groups is 2. The lowest BCUT2D eigenvalue weighted by atomic mass is 9.86. The van der Waals surface area contributed by atoms with Crippen LogP contribution in [0.4, 0.5) is 0 Å². The van der Waals surface area contributed by atoms with E-state index in [1.165, 1.54) is 4.90 Å². The van der Waals surface area contributed by atoms with Gasteiger partial charge in [0.05, 0.1) is 6.04 Å². The highest BCUT2D eigenvalue weighted by Crippen LogP contribution is 2.24. The summed E-state index contributed by atoms with van der Waals surface area (Å²) < 4.78 is 0. The van der Waals surface area contributed by atoms with Gasteiger partial charge in [0.1, 0.15) is 6.04 Å². The van der Waals surface area contributed by atoms with E-state index in [1.54, 1.807) is 0 Å². The van der Waals surface area contributed by atoms with Gasteiger partial charge in [0.25, 0.3) is 0 Å². The van der Waals surface area contributed by atoms with Gasteiger partial charge in [-0.2, -0.15) is 0 Å². The lowest BCUT2D eigenvalue weighted by Gasteiger charge is -2.31. The summed E-state index contributed by atoms with van der Waals surface area (Å²) in [6, 6.07) is -1.34. The summed E-state index contributed by atoms with van der Waals surface area (Å²) in [6.45, 7) is 6.13. The lowest BCUT2D eigenvalue weighted by molar-refractivity contribution is -0.149. The lowest BCUT2D eigenvalue weighted by Crippen LogP contribution is -2.53. The van der Waals surface area contributed by atoms with Gasteiger partial charge >= 0.3 is 5.97 Å². The molecule has 2 atom stereocenters. The predicted molar refractivity (Wildman–Crippen MR) is 59.8 cm³/mol. The molecule has 1 unspecified atom stereocenters. The molecule has 0 aromatic rings. The third-order valence-electron chi connectivity index (χ3n) is 3.02. The van der Waals surface area contributed by atoms with E-state index in [-0.39, 0.29) is 11.3 Å². The Morgan fingerprint density at radius 3 is 2.44 bits per heavy atom. The zero-order chi connectivity index (χ0) is 12.5. The Bertz CT molecular complexity index is 296. The smallest absolute Gasteiger partial charge is 0.326 e. The first-order chi connectivity index (χ1) is 7.25. The van der Waals surface area contributed by atoms with Crippen molar-refractivity contribution in [2.75, 3.05) is 6.54 Å². The maximum atomic E-state index is 12.0. The van der Waals surface area contributed by atoms with Crippen molar-refractivity contribution in [2.24, 2.45) is 11.1 Å². The minimum absolute atomic E-state index is 0.252. The maximum absolute atomic E-state index is 12.0. The van der Waals surface area contributed by atoms with Gasteiger partial charge in [0.2, 0.25) is 5.91 Å². The monoisotopic (exact) mass is 228 g/mol. The molecule has 1 rings (SSSR count). The molecule has 0 bridgehead atoms. The molecule has 1 saturated heterocycles.